The lowest BCUT2D eigenvalue weighted by molar-refractivity contribution is -0.131. The second-order valence-electron chi connectivity index (χ2n) is 6.67. The van der Waals surface area contributed by atoms with Gasteiger partial charge in [-0.2, -0.15) is 5.10 Å². The summed E-state index contributed by atoms with van der Waals surface area (Å²) in [5, 5.41) is 4.11. The molecule has 1 saturated heterocycles. The quantitative estimate of drug-likeness (QED) is 0.486. The number of aromatic nitrogens is 3. The smallest absolute Gasteiger partial charge is 0.238 e. The van der Waals surface area contributed by atoms with Gasteiger partial charge in [0.05, 0.1) is 17.5 Å². The lowest BCUT2D eigenvalue weighted by Gasteiger charge is -2.26. The van der Waals surface area contributed by atoms with Gasteiger partial charge in [0.15, 0.2) is 0 Å². The highest BCUT2D eigenvalue weighted by Gasteiger charge is 2.26. The van der Waals surface area contributed by atoms with Crippen LogP contribution in [0.25, 0.3) is 5.69 Å². The molecule has 0 spiro atoms. The summed E-state index contributed by atoms with van der Waals surface area (Å²) in [4.78, 5) is 31.6. The van der Waals surface area contributed by atoms with E-state index in [1.165, 1.54) is 18.1 Å². The van der Waals surface area contributed by atoms with Gasteiger partial charge in [0.1, 0.15) is 17.0 Å². The molecule has 0 N–H and O–H groups in total. The molecule has 1 aliphatic rings. The third kappa shape index (κ3) is 4.77. The Balaban J connectivity index is 1.47. The Bertz CT molecular complexity index is 823. The standard InChI is InChI=1S/C19H23N5O2S2/c1-14(15-6-8-16(9-7-15)24-13-20-12-21-24)22(2)17(25)5-3-4-10-23-18(26)11-28-19(23)27/h6-9,12-14H,3-5,10-11H2,1-2H3/t14-/m0/s1. The van der Waals surface area contributed by atoms with Crippen molar-refractivity contribution in [3.05, 3.63) is 42.5 Å². The Labute approximate surface area is 174 Å². The molecule has 0 saturated carbocycles. The van der Waals surface area contributed by atoms with E-state index in [9.17, 15) is 9.59 Å². The molecule has 2 heterocycles. The number of thioether (sulfide) groups is 1. The minimum Gasteiger partial charge on any atom is -0.339 e. The number of benzene rings is 1. The number of hydrogen-bond donors (Lipinski definition) is 0. The Hall–Kier alpha value is -2.26. The molecule has 0 unspecified atom stereocenters. The molecular weight excluding hydrogens is 394 g/mol. The molecule has 148 valence electrons. The third-order valence-electron chi connectivity index (χ3n) is 4.90. The second-order valence-corrected chi connectivity index (χ2v) is 8.28. The van der Waals surface area contributed by atoms with Crippen molar-refractivity contribution >= 4 is 40.1 Å². The van der Waals surface area contributed by atoms with Gasteiger partial charge in [0, 0.05) is 20.0 Å². The molecule has 9 heteroatoms. The van der Waals surface area contributed by atoms with Crippen molar-refractivity contribution in [2.24, 2.45) is 0 Å². The van der Waals surface area contributed by atoms with Crippen molar-refractivity contribution in [2.75, 3.05) is 19.3 Å². The minimum absolute atomic E-state index is 0.0264. The number of rotatable bonds is 8. The van der Waals surface area contributed by atoms with E-state index >= 15 is 0 Å². The number of nitrogens with zero attached hydrogens (tertiary/aromatic N) is 5. The first kappa shape index (κ1) is 20.5. The first-order chi connectivity index (χ1) is 13.5. The topological polar surface area (TPSA) is 71.3 Å². The summed E-state index contributed by atoms with van der Waals surface area (Å²) < 4.78 is 2.34. The largest absolute Gasteiger partial charge is 0.339 e. The number of hydrogen-bond acceptors (Lipinski definition) is 6. The van der Waals surface area contributed by atoms with Crippen LogP contribution < -0.4 is 0 Å². The van der Waals surface area contributed by atoms with Crippen molar-refractivity contribution in [1.82, 2.24) is 24.6 Å². The molecule has 3 rings (SSSR count). The molecule has 1 atom stereocenters. The normalized spacial score (nSPS) is 15.1. The lowest BCUT2D eigenvalue weighted by Crippen LogP contribution is -2.31. The summed E-state index contributed by atoms with van der Waals surface area (Å²) in [5.41, 5.74) is 1.99. The molecule has 7 nitrogen and oxygen atoms in total. The van der Waals surface area contributed by atoms with Gasteiger partial charge in [0.2, 0.25) is 11.8 Å². The van der Waals surface area contributed by atoms with Crippen LogP contribution in [0.1, 0.15) is 37.8 Å². The molecule has 2 aromatic rings. The van der Waals surface area contributed by atoms with E-state index in [0.29, 0.717) is 23.0 Å². The summed E-state index contributed by atoms with van der Waals surface area (Å²) in [5.74, 6) is 0.604. The fraction of sp³-hybridized carbons (Fsp3) is 0.421. The Morgan fingerprint density at radius 3 is 2.68 bits per heavy atom. The number of thiocarbonyl (C=S) groups is 1. The number of carbonyl (C=O) groups excluding carboxylic acids is 2. The van der Waals surface area contributed by atoms with Crippen LogP contribution in [0.5, 0.6) is 0 Å². The Morgan fingerprint density at radius 2 is 2.07 bits per heavy atom. The van der Waals surface area contributed by atoms with Crippen molar-refractivity contribution in [3.63, 3.8) is 0 Å². The van der Waals surface area contributed by atoms with Crippen LogP contribution in [-0.4, -0.2) is 60.0 Å². The van der Waals surface area contributed by atoms with Gasteiger partial charge in [-0.05, 0) is 37.5 Å². The summed E-state index contributed by atoms with van der Waals surface area (Å²) in [7, 11) is 1.83. The van der Waals surface area contributed by atoms with Crippen molar-refractivity contribution in [2.45, 2.75) is 32.2 Å². The molecule has 0 aliphatic carbocycles. The van der Waals surface area contributed by atoms with Gasteiger partial charge < -0.3 is 4.90 Å². The molecule has 0 radical (unpaired) electrons. The zero-order valence-corrected chi connectivity index (χ0v) is 17.6. The average molecular weight is 418 g/mol. The molecule has 1 aromatic heterocycles. The summed E-state index contributed by atoms with van der Waals surface area (Å²) in [6.07, 6.45) is 5.11. The third-order valence-corrected chi connectivity index (χ3v) is 6.33. The van der Waals surface area contributed by atoms with Crippen LogP contribution in [0.4, 0.5) is 0 Å². The van der Waals surface area contributed by atoms with E-state index in [4.69, 9.17) is 12.2 Å². The molecule has 1 aromatic carbocycles. The van der Waals surface area contributed by atoms with E-state index < -0.39 is 0 Å². The van der Waals surface area contributed by atoms with Gasteiger partial charge in [0.25, 0.3) is 0 Å². The monoisotopic (exact) mass is 417 g/mol. The molecule has 2 amide bonds. The summed E-state index contributed by atoms with van der Waals surface area (Å²) in [6.45, 7) is 2.61. The molecule has 0 bridgehead atoms. The van der Waals surface area contributed by atoms with Crippen LogP contribution in [0.2, 0.25) is 0 Å². The lowest BCUT2D eigenvalue weighted by atomic mass is 10.1. The molecule has 1 aliphatic heterocycles. The maximum Gasteiger partial charge on any atom is 0.238 e. The van der Waals surface area contributed by atoms with Gasteiger partial charge >= 0.3 is 0 Å². The Morgan fingerprint density at radius 1 is 1.32 bits per heavy atom. The first-order valence-electron chi connectivity index (χ1n) is 9.15. The first-order valence-corrected chi connectivity index (χ1v) is 10.5. The predicted octanol–water partition coefficient (Wildman–Crippen LogP) is 2.82. The fourth-order valence-corrected chi connectivity index (χ4v) is 4.13. The zero-order valence-electron chi connectivity index (χ0n) is 15.9. The van der Waals surface area contributed by atoms with Crippen LogP contribution in [0, 0.1) is 0 Å². The van der Waals surface area contributed by atoms with Gasteiger partial charge in [-0.25, -0.2) is 9.67 Å². The highest BCUT2D eigenvalue weighted by molar-refractivity contribution is 8.23. The SMILES string of the molecule is C[C@@H](c1ccc(-n2cncn2)cc1)N(C)C(=O)CCCCN1C(=O)CSC1=S. The fourth-order valence-electron chi connectivity index (χ4n) is 3.01. The highest BCUT2D eigenvalue weighted by Crippen LogP contribution is 2.22. The Kier molecular flexibility index (Phi) is 6.79. The summed E-state index contributed by atoms with van der Waals surface area (Å²) >= 11 is 6.58. The maximum absolute atomic E-state index is 12.5. The second kappa shape index (κ2) is 9.29. The molecule has 28 heavy (non-hydrogen) atoms. The van der Waals surface area contributed by atoms with Gasteiger partial charge in [-0.15, -0.1) is 0 Å². The van der Waals surface area contributed by atoms with E-state index in [2.05, 4.69) is 10.1 Å². The maximum atomic E-state index is 12.5. The highest BCUT2D eigenvalue weighted by atomic mass is 32.2. The van der Waals surface area contributed by atoms with Crippen molar-refractivity contribution in [3.8, 4) is 5.69 Å². The van der Waals surface area contributed by atoms with Gasteiger partial charge in [-0.3, -0.25) is 14.5 Å². The van der Waals surface area contributed by atoms with Crippen LogP contribution in [0.3, 0.4) is 0 Å². The number of unbranched alkanes of at least 4 members (excludes halogenated alkanes) is 1. The molecule has 1 fully saturated rings. The number of amides is 2. The van der Waals surface area contributed by atoms with Gasteiger partial charge in [-0.1, -0.05) is 36.1 Å². The van der Waals surface area contributed by atoms with Crippen molar-refractivity contribution in [1.29, 1.82) is 0 Å². The summed E-state index contributed by atoms with van der Waals surface area (Å²) in [6, 6.07) is 7.91. The minimum atomic E-state index is -0.0264. The van der Waals surface area contributed by atoms with E-state index in [1.807, 2.05) is 38.2 Å². The van der Waals surface area contributed by atoms with E-state index in [0.717, 1.165) is 24.1 Å². The van der Waals surface area contributed by atoms with Crippen LogP contribution >= 0.6 is 24.0 Å². The average Bonchev–Trinajstić information content (AvgIpc) is 3.35. The van der Waals surface area contributed by atoms with E-state index in [1.54, 1.807) is 20.8 Å². The zero-order chi connectivity index (χ0) is 20.1. The van der Waals surface area contributed by atoms with Crippen LogP contribution in [-0.2, 0) is 9.59 Å². The number of carbonyl (C=O) groups is 2. The predicted molar refractivity (Wildman–Crippen MR) is 113 cm³/mol. The van der Waals surface area contributed by atoms with Crippen LogP contribution in [0.15, 0.2) is 36.9 Å². The van der Waals surface area contributed by atoms with Crippen molar-refractivity contribution < 1.29 is 9.59 Å². The van der Waals surface area contributed by atoms with E-state index in [-0.39, 0.29) is 17.9 Å². The molecular formula is C19H23N5O2S2.